The monoisotopic (exact) mass is 170 g/mol. The van der Waals surface area contributed by atoms with E-state index in [0.717, 1.165) is 0 Å². The fraction of sp³-hybridized carbons (Fsp3) is 1.00. The van der Waals surface area contributed by atoms with Gasteiger partial charge in [-0.2, -0.15) is 0 Å². The van der Waals surface area contributed by atoms with Gasteiger partial charge in [0.2, 0.25) is 0 Å². The minimum atomic E-state index is -3.62. The number of sulfonamides is 2. The summed E-state index contributed by atoms with van der Waals surface area (Å²) in [5, 5.41) is 0. The molecule has 9 heavy (non-hydrogen) atoms. The average Bonchev–Trinajstić information content (AvgIpc) is 1.78. The van der Waals surface area contributed by atoms with Crippen LogP contribution >= 0.6 is 0 Å². The van der Waals surface area contributed by atoms with Gasteiger partial charge in [-0.3, -0.25) is 0 Å². The van der Waals surface area contributed by atoms with Crippen LogP contribution in [0.25, 0.3) is 4.13 Å². The first-order valence-corrected chi connectivity index (χ1v) is 5.33. The molecule has 0 saturated carbocycles. The Morgan fingerprint density at radius 1 is 0.889 bits per heavy atom. The fourth-order valence-corrected chi connectivity index (χ4v) is 4.12. The minimum Gasteiger partial charge on any atom is -0.436 e. The maximum absolute atomic E-state index is 10.3. The molecule has 0 N–H and O–H groups in total. The van der Waals surface area contributed by atoms with Gasteiger partial charge in [0, 0.05) is 11.5 Å². The van der Waals surface area contributed by atoms with Crippen LogP contribution in [0.5, 0.6) is 0 Å². The van der Waals surface area contributed by atoms with Gasteiger partial charge < -0.3 is 4.13 Å². The zero-order chi connectivity index (χ0) is 7.12. The summed E-state index contributed by atoms with van der Waals surface area (Å²) < 4.78 is 43.8. The molecule has 1 aliphatic heterocycles. The van der Waals surface area contributed by atoms with Crippen molar-refractivity contribution in [2.24, 2.45) is 0 Å². The Morgan fingerprint density at radius 2 is 1.22 bits per heavy atom. The van der Waals surface area contributed by atoms with E-state index in [2.05, 4.69) is 4.13 Å². The van der Waals surface area contributed by atoms with Gasteiger partial charge >= 0.3 is 0 Å². The first-order chi connectivity index (χ1) is 3.91. The highest BCUT2D eigenvalue weighted by atomic mass is 32.3. The lowest BCUT2D eigenvalue weighted by atomic mass is 11.0. The maximum Gasteiger partial charge on any atom is 0.0839 e. The summed E-state index contributed by atoms with van der Waals surface area (Å²) in [4.78, 5) is 0. The predicted molar refractivity (Wildman–Crippen MR) is 30.9 cm³/mol. The Kier molecular flexibility index (Phi) is 1.30. The second-order valence-electron chi connectivity index (χ2n) is 1.65. The van der Waals surface area contributed by atoms with E-state index in [1.54, 1.807) is 0 Å². The third-order valence-electron chi connectivity index (χ3n) is 0.826. The summed E-state index contributed by atoms with van der Waals surface area (Å²) in [6.45, 7) is 0. The summed E-state index contributed by atoms with van der Waals surface area (Å²) >= 11 is 0. The van der Waals surface area contributed by atoms with Gasteiger partial charge in [-0.15, -0.1) is 0 Å². The predicted octanol–water partition coefficient (Wildman–Crippen LogP) is -0.967. The van der Waals surface area contributed by atoms with Gasteiger partial charge in [0.05, 0.1) is 20.0 Å². The van der Waals surface area contributed by atoms with Gasteiger partial charge in [0.15, 0.2) is 0 Å². The van der Waals surface area contributed by atoms with Gasteiger partial charge in [0.1, 0.15) is 0 Å². The highest BCUT2D eigenvalue weighted by Gasteiger charge is 2.17. The van der Waals surface area contributed by atoms with Gasteiger partial charge in [0.25, 0.3) is 0 Å². The fourth-order valence-electron chi connectivity index (χ4n) is 0.458. The lowest BCUT2D eigenvalue weighted by Crippen LogP contribution is -1.95. The van der Waals surface area contributed by atoms with E-state index in [1.807, 2.05) is 0 Å². The average molecular weight is 170 g/mol. The van der Waals surface area contributed by atoms with Crippen LogP contribution in [-0.2, 0) is 20.0 Å². The van der Waals surface area contributed by atoms with Crippen molar-refractivity contribution in [3.8, 4) is 0 Å². The van der Waals surface area contributed by atoms with Crippen molar-refractivity contribution in [2.45, 2.75) is 0 Å². The molecule has 0 atom stereocenters. The SMILES string of the molecule is O=S1(=O)CCS(=O)(=O)[N-]1. The number of hydrogen-bond donors (Lipinski definition) is 0. The topological polar surface area (TPSA) is 82.4 Å². The summed E-state index contributed by atoms with van der Waals surface area (Å²) in [5.74, 6) is -0.731. The highest BCUT2D eigenvalue weighted by Crippen LogP contribution is 2.18. The molecule has 7 heteroatoms. The van der Waals surface area contributed by atoms with Crippen LogP contribution in [0.2, 0.25) is 0 Å². The maximum atomic E-state index is 10.3. The van der Waals surface area contributed by atoms with Crippen molar-refractivity contribution in [1.82, 2.24) is 0 Å². The van der Waals surface area contributed by atoms with E-state index in [9.17, 15) is 16.8 Å². The van der Waals surface area contributed by atoms with Crippen LogP contribution in [0.1, 0.15) is 0 Å². The Bertz CT molecular complexity index is 265. The molecule has 0 bridgehead atoms. The lowest BCUT2D eigenvalue weighted by Gasteiger charge is -2.04. The first kappa shape index (κ1) is 6.97. The summed E-state index contributed by atoms with van der Waals surface area (Å²) in [6, 6.07) is 0. The van der Waals surface area contributed by atoms with E-state index in [1.165, 1.54) is 0 Å². The molecule has 0 aromatic carbocycles. The Balaban J connectivity index is 3.09. The van der Waals surface area contributed by atoms with Crippen LogP contribution in [0.3, 0.4) is 0 Å². The molecule has 1 saturated heterocycles. The third kappa shape index (κ3) is 1.63. The van der Waals surface area contributed by atoms with Gasteiger partial charge in [-0.25, -0.2) is 16.8 Å². The standard InChI is InChI=1S/C2H4NO4S2/c4-8(5)1-2-9(6,7)3-8/h1-2H2/q-1. The summed E-state index contributed by atoms with van der Waals surface area (Å²) in [7, 11) is -7.23. The largest absolute Gasteiger partial charge is 0.436 e. The molecular formula is C2H4NO4S2-. The lowest BCUT2D eigenvalue weighted by molar-refractivity contribution is 0.606. The van der Waals surface area contributed by atoms with E-state index in [4.69, 9.17) is 0 Å². The molecule has 54 valence electrons. The summed E-state index contributed by atoms with van der Waals surface area (Å²) in [6.07, 6.45) is 0. The second kappa shape index (κ2) is 1.68. The molecule has 0 amide bonds. The van der Waals surface area contributed by atoms with Crippen LogP contribution in [0, 0.1) is 0 Å². The molecule has 1 fully saturated rings. The Morgan fingerprint density at radius 3 is 1.33 bits per heavy atom. The van der Waals surface area contributed by atoms with Crippen LogP contribution < -0.4 is 0 Å². The molecular weight excluding hydrogens is 166 g/mol. The molecule has 1 aliphatic rings. The van der Waals surface area contributed by atoms with Crippen molar-refractivity contribution >= 4 is 20.0 Å². The highest BCUT2D eigenvalue weighted by molar-refractivity contribution is 8.15. The summed E-state index contributed by atoms with van der Waals surface area (Å²) in [5.41, 5.74) is 0. The van der Waals surface area contributed by atoms with Gasteiger partial charge in [-0.05, 0) is 0 Å². The van der Waals surface area contributed by atoms with Crippen molar-refractivity contribution in [1.29, 1.82) is 0 Å². The second-order valence-corrected chi connectivity index (χ2v) is 5.39. The molecule has 1 rings (SSSR count). The van der Waals surface area contributed by atoms with Crippen molar-refractivity contribution in [3.05, 3.63) is 4.13 Å². The Hall–Kier alpha value is -0.140. The zero-order valence-electron chi connectivity index (χ0n) is 4.31. The van der Waals surface area contributed by atoms with E-state index in [-0.39, 0.29) is 11.5 Å². The van der Waals surface area contributed by atoms with Crippen molar-refractivity contribution in [2.75, 3.05) is 11.5 Å². The molecule has 0 spiro atoms. The zero-order valence-corrected chi connectivity index (χ0v) is 5.94. The van der Waals surface area contributed by atoms with Crippen molar-refractivity contribution in [3.63, 3.8) is 0 Å². The molecule has 1 heterocycles. The molecule has 0 unspecified atom stereocenters. The number of rotatable bonds is 0. The molecule has 0 aromatic heterocycles. The molecule has 0 aromatic rings. The van der Waals surface area contributed by atoms with E-state index < -0.39 is 20.0 Å². The van der Waals surface area contributed by atoms with E-state index in [0.29, 0.717) is 0 Å². The van der Waals surface area contributed by atoms with Crippen LogP contribution in [-0.4, -0.2) is 28.3 Å². The van der Waals surface area contributed by atoms with Crippen LogP contribution in [0.15, 0.2) is 0 Å². The van der Waals surface area contributed by atoms with E-state index >= 15 is 0 Å². The molecule has 5 nitrogen and oxygen atoms in total. The van der Waals surface area contributed by atoms with Crippen LogP contribution in [0.4, 0.5) is 0 Å². The smallest absolute Gasteiger partial charge is 0.0839 e. The first-order valence-electron chi connectivity index (χ1n) is 2.11. The van der Waals surface area contributed by atoms with Crippen molar-refractivity contribution < 1.29 is 16.8 Å². The minimum absolute atomic E-state index is 0.366. The molecule has 0 radical (unpaired) electrons. The Labute approximate surface area is 53.2 Å². The third-order valence-corrected chi connectivity index (χ3v) is 4.34. The normalized spacial score (nSPS) is 30.2. The number of hydrogen-bond acceptors (Lipinski definition) is 4. The number of nitrogens with zero attached hydrogens (tertiary/aromatic N) is 1. The van der Waals surface area contributed by atoms with Gasteiger partial charge in [-0.1, -0.05) is 0 Å². The quantitative estimate of drug-likeness (QED) is 0.468. The molecule has 0 aliphatic carbocycles.